The fraction of sp³-hybridized carbons (Fsp3) is 0.333. The molecular weight excluding hydrogens is 370 g/mol. The van der Waals surface area contributed by atoms with Gasteiger partial charge in [0, 0.05) is 26.7 Å². The van der Waals surface area contributed by atoms with Gasteiger partial charge in [0.1, 0.15) is 4.99 Å². The maximum Gasteiger partial charge on any atom is 0.358 e. The van der Waals surface area contributed by atoms with E-state index in [2.05, 4.69) is 4.98 Å². The van der Waals surface area contributed by atoms with Crippen molar-refractivity contribution in [3.63, 3.8) is 0 Å². The third kappa shape index (κ3) is 4.25. The lowest BCUT2D eigenvalue weighted by Crippen LogP contribution is -2.33. The maximum absolute atomic E-state index is 12.7. The number of hydrogen-bond acceptors (Lipinski definition) is 7. The maximum atomic E-state index is 12.7. The van der Waals surface area contributed by atoms with Gasteiger partial charge in [-0.1, -0.05) is 41.3 Å². The molecule has 2 rings (SSSR count). The number of esters is 1. The molecule has 0 atom stereocenters. The van der Waals surface area contributed by atoms with Gasteiger partial charge in [0.25, 0.3) is 5.91 Å². The molecule has 26 heavy (non-hydrogen) atoms. The number of carbonyl (C=O) groups excluding carboxylic acids is 2. The quantitative estimate of drug-likeness (QED) is 0.576. The standard InChI is InChI=1S/C18H21N3O3S2/c1-6-24-17(23)13-14(26-18(19-13)20(3)4)16(25)21(5)15(22)12-9-7-11(2)8-10-12/h7-10H,6H2,1-5H3. The molecule has 0 aliphatic rings. The number of thiocarbonyl (C=S) groups is 1. The summed E-state index contributed by atoms with van der Waals surface area (Å²) in [5, 5.41) is 0.613. The zero-order valence-electron chi connectivity index (χ0n) is 15.4. The third-order valence-corrected chi connectivity index (χ3v) is 5.41. The van der Waals surface area contributed by atoms with Crippen LogP contribution >= 0.6 is 23.6 Å². The first-order chi connectivity index (χ1) is 12.3. The lowest BCUT2D eigenvalue weighted by atomic mass is 10.1. The van der Waals surface area contributed by atoms with E-state index in [0.29, 0.717) is 15.6 Å². The van der Waals surface area contributed by atoms with Gasteiger partial charge >= 0.3 is 5.97 Å². The summed E-state index contributed by atoms with van der Waals surface area (Å²) in [6, 6.07) is 7.23. The molecule has 0 radical (unpaired) electrons. The normalized spacial score (nSPS) is 10.3. The number of rotatable bonds is 5. The molecule has 1 aromatic heterocycles. The second kappa shape index (κ2) is 8.37. The van der Waals surface area contributed by atoms with Crippen molar-refractivity contribution in [3.05, 3.63) is 46.0 Å². The van der Waals surface area contributed by atoms with Crippen LogP contribution in [0.4, 0.5) is 5.13 Å². The highest BCUT2D eigenvalue weighted by Gasteiger charge is 2.27. The zero-order chi connectivity index (χ0) is 19.4. The summed E-state index contributed by atoms with van der Waals surface area (Å²) in [5.74, 6) is -0.796. The van der Waals surface area contributed by atoms with Crippen LogP contribution in [0.3, 0.4) is 0 Å². The minimum Gasteiger partial charge on any atom is -0.461 e. The van der Waals surface area contributed by atoms with Gasteiger partial charge in [-0.05, 0) is 26.0 Å². The topological polar surface area (TPSA) is 62.7 Å². The smallest absolute Gasteiger partial charge is 0.358 e. The lowest BCUT2D eigenvalue weighted by Gasteiger charge is -2.18. The lowest BCUT2D eigenvalue weighted by molar-refractivity contribution is 0.0519. The molecule has 0 unspecified atom stereocenters. The Kier molecular flexibility index (Phi) is 6.44. The van der Waals surface area contributed by atoms with Gasteiger partial charge in [0.2, 0.25) is 0 Å². The number of thiazole rings is 1. The van der Waals surface area contributed by atoms with E-state index in [1.807, 2.05) is 33.2 Å². The van der Waals surface area contributed by atoms with Crippen LogP contribution in [0.5, 0.6) is 0 Å². The van der Waals surface area contributed by atoms with Crippen LogP contribution < -0.4 is 4.90 Å². The Labute approximate surface area is 162 Å². The van der Waals surface area contributed by atoms with Crippen LogP contribution in [-0.2, 0) is 4.74 Å². The average Bonchev–Trinajstić information content (AvgIpc) is 3.06. The van der Waals surface area contributed by atoms with E-state index < -0.39 is 5.97 Å². The van der Waals surface area contributed by atoms with E-state index in [-0.39, 0.29) is 23.2 Å². The van der Waals surface area contributed by atoms with Gasteiger partial charge in [-0.25, -0.2) is 9.78 Å². The van der Waals surface area contributed by atoms with E-state index in [4.69, 9.17) is 17.0 Å². The fourth-order valence-electron chi connectivity index (χ4n) is 2.12. The molecule has 138 valence electrons. The van der Waals surface area contributed by atoms with Crippen LogP contribution in [0.1, 0.15) is 38.2 Å². The largest absolute Gasteiger partial charge is 0.461 e. The van der Waals surface area contributed by atoms with Gasteiger partial charge < -0.3 is 14.5 Å². The molecule has 0 fully saturated rings. The number of ether oxygens (including phenoxy) is 1. The predicted molar refractivity (Wildman–Crippen MR) is 107 cm³/mol. The van der Waals surface area contributed by atoms with Gasteiger partial charge in [-0.15, -0.1) is 0 Å². The highest BCUT2D eigenvalue weighted by atomic mass is 32.1. The first kappa shape index (κ1) is 20.0. The molecule has 1 aromatic carbocycles. The molecule has 0 spiro atoms. The molecule has 1 amide bonds. The Morgan fingerprint density at radius 3 is 2.35 bits per heavy atom. The van der Waals surface area contributed by atoms with E-state index in [1.165, 1.54) is 16.2 Å². The van der Waals surface area contributed by atoms with Gasteiger partial charge in [0.15, 0.2) is 10.8 Å². The molecule has 0 aliphatic heterocycles. The summed E-state index contributed by atoms with van der Waals surface area (Å²) >= 11 is 6.74. The summed E-state index contributed by atoms with van der Waals surface area (Å²) in [4.78, 5) is 33.1. The molecule has 2 aromatic rings. The minimum atomic E-state index is -0.551. The van der Waals surface area contributed by atoms with Crippen molar-refractivity contribution in [2.24, 2.45) is 0 Å². The van der Waals surface area contributed by atoms with Crippen molar-refractivity contribution in [1.82, 2.24) is 9.88 Å². The first-order valence-electron chi connectivity index (χ1n) is 8.00. The number of carbonyl (C=O) groups is 2. The number of benzene rings is 1. The SMILES string of the molecule is CCOC(=O)c1nc(N(C)C)sc1C(=S)N(C)C(=O)c1ccc(C)cc1. The van der Waals surface area contributed by atoms with Crippen molar-refractivity contribution in [1.29, 1.82) is 0 Å². The van der Waals surface area contributed by atoms with E-state index in [1.54, 1.807) is 31.0 Å². The zero-order valence-corrected chi connectivity index (χ0v) is 17.0. The predicted octanol–water partition coefficient (Wildman–Crippen LogP) is 3.14. The Balaban J connectivity index is 2.36. The van der Waals surface area contributed by atoms with Crippen LogP contribution in [0.2, 0.25) is 0 Å². The Morgan fingerprint density at radius 1 is 1.19 bits per heavy atom. The summed E-state index contributed by atoms with van der Waals surface area (Å²) in [6.45, 7) is 3.91. The van der Waals surface area contributed by atoms with E-state index in [0.717, 1.165) is 5.56 Å². The minimum absolute atomic E-state index is 0.133. The number of hydrogen-bond donors (Lipinski definition) is 0. The highest BCUT2D eigenvalue weighted by Crippen LogP contribution is 2.28. The van der Waals surface area contributed by atoms with E-state index in [9.17, 15) is 9.59 Å². The van der Waals surface area contributed by atoms with Crippen LogP contribution in [0, 0.1) is 6.92 Å². The molecule has 8 heteroatoms. The molecule has 6 nitrogen and oxygen atoms in total. The highest BCUT2D eigenvalue weighted by molar-refractivity contribution is 7.81. The van der Waals surface area contributed by atoms with Gasteiger partial charge in [-0.3, -0.25) is 4.79 Å². The summed E-state index contributed by atoms with van der Waals surface area (Å²) in [5.41, 5.74) is 1.72. The number of aryl methyl sites for hydroxylation is 1. The van der Waals surface area contributed by atoms with Crippen LogP contribution in [0.15, 0.2) is 24.3 Å². The Morgan fingerprint density at radius 2 is 1.81 bits per heavy atom. The Bertz CT molecular complexity index is 829. The molecule has 0 aliphatic carbocycles. The van der Waals surface area contributed by atoms with Crippen LogP contribution in [0.25, 0.3) is 0 Å². The molecule has 1 heterocycles. The number of amides is 1. The van der Waals surface area contributed by atoms with Crippen molar-refractivity contribution in [2.75, 3.05) is 32.6 Å². The van der Waals surface area contributed by atoms with Crippen molar-refractivity contribution >= 4 is 45.6 Å². The molecule has 0 saturated heterocycles. The Hall–Kier alpha value is -2.32. The molecular formula is C18H21N3O3S2. The number of aromatic nitrogens is 1. The number of nitrogens with zero attached hydrogens (tertiary/aromatic N) is 3. The van der Waals surface area contributed by atoms with Gasteiger partial charge in [-0.2, -0.15) is 0 Å². The van der Waals surface area contributed by atoms with Crippen molar-refractivity contribution < 1.29 is 14.3 Å². The second-order valence-corrected chi connectivity index (χ2v) is 7.19. The van der Waals surface area contributed by atoms with Crippen molar-refractivity contribution in [3.8, 4) is 0 Å². The summed E-state index contributed by atoms with van der Waals surface area (Å²) in [6.07, 6.45) is 0. The van der Waals surface area contributed by atoms with Crippen molar-refractivity contribution in [2.45, 2.75) is 13.8 Å². The summed E-state index contributed by atoms with van der Waals surface area (Å²) < 4.78 is 5.07. The average molecular weight is 392 g/mol. The monoisotopic (exact) mass is 391 g/mol. The van der Waals surface area contributed by atoms with E-state index >= 15 is 0 Å². The third-order valence-electron chi connectivity index (χ3n) is 3.57. The number of anilines is 1. The first-order valence-corrected chi connectivity index (χ1v) is 9.23. The molecule has 0 N–H and O–H groups in total. The molecule has 0 bridgehead atoms. The van der Waals surface area contributed by atoms with Gasteiger partial charge in [0.05, 0.1) is 11.5 Å². The molecule has 0 saturated carbocycles. The second-order valence-electron chi connectivity index (χ2n) is 5.82. The summed E-state index contributed by atoms with van der Waals surface area (Å²) in [7, 11) is 5.23. The fourth-order valence-corrected chi connectivity index (χ4v) is 3.37. The van der Waals surface area contributed by atoms with Crippen LogP contribution in [-0.4, -0.2) is 54.5 Å².